The zero-order valence-corrected chi connectivity index (χ0v) is 11.6. The lowest BCUT2D eigenvalue weighted by molar-refractivity contribution is -0.0498. The molecule has 0 atom stereocenters. The number of ether oxygens (including phenoxy) is 2. The molecule has 3 nitrogen and oxygen atoms in total. The van der Waals surface area contributed by atoms with Gasteiger partial charge in [-0.2, -0.15) is 8.78 Å². The summed E-state index contributed by atoms with van der Waals surface area (Å²) in [6, 6.07) is 10.9. The van der Waals surface area contributed by atoms with E-state index in [0.29, 0.717) is 16.9 Å². The Morgan fingerprint density at radius 3 is 2.33 bits per heavy atom. The molecule has 0 spiro atoms. The van der Waals surface area contributed by atoms with Crippen molar-refractivity contribution < 1.29 is 23.0 Å². The van der Waals surface area contributed by atoms with Crippen LogP contribution in [0.25, 0.3) is 0 Å². The van der Waals surface area contributed by atoms with E-state index >= 15 is 0 Å². The monoisotopic (exact) mass is 292 g/mol. The van der Waals surface area contributed by atoms with E-state index < -0.39 is 6.61 Å². The first-order valence-corrected chi connectivity index (χ1v) is 6.25. The minimum absolute atomic E-state index is 0.0118. The molecule has 0 radical (unpaired) electrons. The highest BCUT2D eigenvalue weighted by molar-refractivity contribution is 6.10. The molecule has 0 aromatic heterocycles. The van der Waals surface area contributed by atoms with Gasteiger partial charge in [-0.3, -0.25) is 4.79 Å². The lowest BCUT2D eigenvalue weighted by Gasteiger charge is -2.09. The molecule has 0 saturated carbocycles. The number of hydrogen-bond donors (Lipinski definition) is 0. The van der Waals surface area contributed by atoms with E-state index in [9.17, 15) is 13.6 Å². The highest BCUT2D eigenvalue weighted by Crippen LogP contribution is 2.24. The Hall–Kier alpha value is -2.43. The third-order valence-corrected chi connectivity index (χ3v) is 2.94. The lowest BCUT2D eigenvalue weighted by atomic mass is 10.0. The van der Waals surface area contributed by atoms with Crippen LogP contribution in [0.15, 0.2) is 42.5 Å². The molecule has 21 heavy (non-hydrogen) atoms. The second-order valence-corrected chi connectivity index (χ2v) is 4.44. The van der Waals surface area contributed by atoms with Crippen LogP contribution in [0.2, 0.25) is 0 Å². The Kier molecular flexibility index (Phi) is 4.52. The molecular weight excluding hydrogens is 278 g/mol. The van der Waals surface area contributed by atoms with Gasteiger partial charge < -0.3 is 9.47 Å². The van der Waals surface area contributed by atoms with E-state index in [2.05, 4.69) is 4.74 Å². The summed E-state index contributed by atoms with van der Waals surface area (Å²) >= 11 is 0. The zero-order valence-electron chi connectivity index (χ0n) is 11.6. The van der Waals surface area contributed by atoms with Crippen molar-refractivity contribution >= 4 is 5.78 Å². The first-order chi connectivity index (χ1) is 10.0. The largest absolute Gasteiger partial charge is 0.496 e. The van der Waals surface area contributed by atoms with Crippen LogP contribution in [-0.2, 0) is 0 Å². The molecule has 2 aromatic carbocycles. The average molecular weight is 292 g/mol. The summed E-state index contributed by atoms with van der Waals surface area (Å²) in [7, 11) is 1.49. The zero-order chi connectivity index (χ0) is 15.4. The Morgan fingerprint density at radius 1 is 1.10 bits per heavy atom. The Bertz CT molecular complexity index is 636. The van der Waals surface area contributed by atoms with Gasteiger partial charge in [-0.05, 0) is 43.3 Å². The normalized spacial score (nSPS) is 10.5. The number of halogens is 2. The summed E-state index contributed by atoms with van der Waals surface area (Å²) in [5, 5.41) is 0. The van der Waals surface area contributed by atoms with Gasteiger partial charge in [0.2, 0.25) is 0 Å². The van der Waals surface area contributed by atoms with Crippen molar-refractivity contribution in [2.24, 2.45) is 0 Å². The SMILES string of the molecule is COc1ccc(C)cc1C(=O)c1ccc(OC(F)F)cc1. The van der Waals surface area contributed by atoms with Crippen molar-refractivity contribution in [3.05, 3.63) is 59.2 Å². The van der Waals surface area contributed by atoms with Gasteiger partial charge in [-0.15, -0.1) is 0 Å². The van der Waals surface area contributed by atoms with Gasteiger partial charge >= 0.3 is 6.61 Å². The molecule has 0 unspecified atom stereocenters. The molecule has 0 saturated heterocycles. The molecule has 0 aliphatic carbocycles. The molecular formula is C16H14F2O3. The van der Waals surface area contributed by atoms with Crippen LogP contribution < -0.4 is 9.47 Å². The van der Waals surface area contributed by atoms with Gasteiger partial charge in [0.1, 0.15) is 11.5 Å². The topological polar surface area (TPSA) is 35.5 Å². The Balaban J connectivity index is 2.30. The van der Waals surface area contributed by atoms with Gasteiger partial charge in [0.25, 0.3) is 0 Å². The molecule has 2 aromatic rings. The van der Waals surface area contributed by atoms with Crippen molar-refractivity contribution in [2.45, 2.75) is 13.5 Å². The number of rotatable bonds is 5. The molecule has 5 heteroatoms. The number of ketones is 1. The van der Waals surface area contributed by atoms with Gasteiger partial charge in [0, 0.05) is 5.56 Å². The van der Waals surface area contributed by atoms with Crippen LogP contribution in [0.3, 0.4) is 0 Å². The third kappa shape index (κ3) is 3.56. The fourth-order valence-corrected chi connectivity index (χ4v) is 1.94. The Morgan fingerprint density at radius 2 is 1.76 bits per heavy atom. The first-order valence-electron chi connectivity index (χ1n) is 6.25. The third-order valence-electron chi connectivity index (χ3n) is 2.94. The van der Waals surface area contributed by atoms with Crippen LogP contribution in [0, 0.1) is 6.92 Å². The van der Waals surface area contributed by atoms with Gasteiger partial charge in [0.05, 0.1) is 12.7 Å². The fourth-order valence-electron chi connectivity index (χ4n) is 1.94. The fraction of sp³-hybridized carbons (Fsp3) is 0.188. The van der Waals surface area contributed by atoms with E-state index in [1.54, 1.807) is 12.1 Å². The predicted octanol–water partition coefficient (Wildman–Crippen LogP) is 3.84. The highest BCUT2D eigenvalue weighted by Gasteiger charge is 2.15. The highest BCUT2D eigenvalue weighted by atomic mass is 19.3. The summed E-state index contributed by atoms with van der Waals surface area (Å²) < 4.78 is 33.6. The van der Waals surface area contributed by atoms with Crippen molar-refractivity contribution in [2.75, 3.05) is 7.11 Å². The van der Waals surface area contributed by atoms with E-state index in [4.69, 9.17) is 4.74 Å². The van der Waals surface area contributed by atoms with Crippen LogP contribution in [0.4, 0.5) is 8.78 Å². The van der Waals surface area contributed by atoms with Crippen molar-refractivity contribution in [3.8, 4) is 11.5 Å². The van der Waals surface area contributed by atoms with Crippen LogP contribution in [0.5, 0.6) is 11.5 Å². The number of carbonyl (C=O) groups excluding carboxylic acids is 1. The molecule has 110 valence electrons. The van der Waals surface area contributed by atoms with Crippen LogP contribution >= 0.6 is 0 Å². The van der Waals surface area contributed by atoms with Gasteiger partial charge in [-0.1, -0.05) is 11.6 Å². The maximum Gasteiger partial charge on any atom is 0.387 e. The summed E-state index contributed by atoms with van der Waals surface area (Å²) in [5.74, 6) is 0.246. The van der Waals surface area contributed by atoms with Gasteiger partial charge in [0.15, 0.2) is 5.78 Å². The smallest absolute Gasteiger partial charge is 0.387 e. The lowest BCUT2D eigenvalue weighted by Crippen LogP contribution is -2.05. The molecule has 0 aliphatic heterocycles. The van der Waals surface area contributed by atoms with Crippen LogP contribution in [0.1, 0.15) is 21.5 Å². The summed E-state index contributed by atoms with van der Waals surface area (Å²) in [4.78, 5) is 12.4. The van der Waals surface area contributed by atoms with Crippen molar-refractivity contribution in [1.29, 1.82) is 0 Å². The maximum absolute atomic E-state index is 12.4. The summed E-state index contributed by atoms with van der Waals surface area (Å²) in [5.41, 5.74) is 1.73. The van der Waals surface area contributed by atoms with E-state index in [1.165, 1.54) is 31.4 Å². The molecule has 0 fully saturated rings. The van der Waals surface area contributed by atoms with Crippen LogP contribution in [-0.4, -0.2) is 19.5 Å². The molecule has 0 aliphatic rings. The summed E-state index contributed by atoms with van der Waals surface area (Å²) in [6.45, 7) is -1.01. The Labute approximate surface area is 121 Å². The molecule has 0 bridgehead atoms. The first kappa shape index (κ1) is 15.0. The minimum atomic E-state index is -2.89. The molecule has 0 N–H and O–H groups in total. The van der Waals surface area contributed by atoms with E-state index in [-0.39, 0.29) is 11.5 Å². The number of benzene rings is 2. The number of hydrogen-bond acceptors (Lipinski definition) is 3. The minimum Gasteiger partial charge on any atom is -0.496 e. The van der Waals surface area contributed by atoms with Crippen molar-refractivity contribution in [3.63, 3.8) is 0 Å². The van der Waals surface area contributed by atoms with Crippen molar-refractivity contribution in [1.82, 2.24) is 0 Å². The second-order valence-electron chi connectivity index (χ2n) is 4.44. The average Bonchev–Trinajstić information content (AvgIpc) is 2.46. The van der Waals surface area contributed by atoms with E-state index in [0.717, 1.165) is 5.56 Å². The summed E-state index contributed by atoms with van der Waals surface area (Å²) in [6.07, 6.45) is 0. The number of methoxy groups -OCH3 is 1. The molecule has 0 amide bonds. The van der Waals surface area contributed by atoms with E-state index in [1.807, 2.05) is 13.0 Å². The van der Waals surface area contributed by atoms with Gasteiger partial charge in [-0.25, -0.2) is 0 Å². The predicted molar refractivity (Wildman–Crippen MR) is 74.2 cm³/mol. The standard InChI is InChI=1S/C16H14F2O3/c1-10-3-8-14(20-2)13(9-10)15(19)11-4-6-12(7-5-11)21-16(17)18/h3-9,16H,1-2H3. The number of carbonyl (C=O) groups is 1. The quantitative estimate of drug-likeness (QED) is 0.786. The molecule has 0 heterocycles. The number of aryl methyl sites for hydroxylation is 1. The number of alkyl halides is 2. The molecule has 2 rings (SSSR count). The maximum atomic E-state index is 12.4. The second kappa shape index (κ2) is 6.35.